The number of halogens is 2. The van der Waals surface area contributed by atoms with Crippen molar-refractivity contribution in [2.24, 2.45) is 5.10 Å². The van der Waals surface area contributed by atoms with Crippen LogP contribution in [0.2, 0.25) is 10.0 Å². The molecule has 3 N–H and O–H groups in total. The van der Waals surface area contributed by atoms with E-state index in [9.17, 15) is 15.0 Å². The first-order valence-electron chi connectivity index (χ1n) is 5.78. The van der Waals surface area contributed by atoms with Gasteiger partial charge in [-0.3, -0.25) is 4.79 Å². The largest absolute Gasteiger partial charge is 0.508 e. The van der Waals surface area contributed by atoms with Gasteiger partial charge in [-0.25, -0.2) is 5.43 Å². The lowest BCUT2D eigenvalue weighted by atomic mass is 10.2. The number of rotatable bonds is 3. The summed E-state index contributed by atoms with van der Waals surface area (Å²) in [5, 5.41) is 23.1. The SMILES string of the molecule is O=C(N/N=C\c1cccc(Cl)c1Cl)c1cc(O)cc(O)c1. The third-order valence-electron chi connectivity index (χ3n) is 2.52. The topological polar surface area (TPSA) is 81.9 Å². The molecule has 2 aromatic carbocycles. The minimum atomic E-state index is -0.587. The van der Waals surface area contributed by atoms with Crippen molar-refractivity contribution in [3.63, 3.8) is 0 Å². The third-order valence-corrected chi connectivity index (χ3v) is 3.35. The lowest BCUT2D eigenvalue weighted by molar-refractivity contribution is 0.0954. The van der Waals surface area contributed by atoms with Crippen LogP contribution in [0.5, 0.6) is 11.5 Å². The molecule has 0 saturated carbocycles. The Kier molecular flexibility index (Phi) is 4.67. The lowest BCUT2D eigenvalue weighted by Gasteiger charge is -2.03. The van der Waals surface area contributed by atoms with Crippen LogP contribution in [0.15, 0.2) is 41.5 Å². The second-order valence-corrected chi connectivity index (χ2v) is 4.87. The van der Waals surface area contributed by atoms with Gasteiger partial charge < -0.3 is 10.2 Å². The molecule has 2 aromatic rings. The van der Waals surface area contributed by atoms with E-state index in [1.165, 1.54) is 18.3 Å². The molecule has 0 radical (unpaired) electrons. The van der Waals surface area contributed by atoms with E-state index in [0.29, 0.717) is 15.6 Å². The average molecular weight is 325 g/mol. The van der Waals surface area contributed by atoms with E-state index < -0.39 is 5.91 Å². The first-order chi connectivity index (χ1) is 9.97. The van der Waals surface area contributed by atoms with Crippen molar-refractivity contribution in [2.75, 3.05) is 0 Å². The smallest absolute Gasteiger partial charge is 0.271 e. The van der Waals surface area contributed by atoms with E-state index in [0.717, 1.165) is 6.07 Å². The molecule has 0 saturated heterocycles. The molecular formula is C14H10Cl2N2O3. The summed E-state index contributed by atoms with van der Waals surface area (Å²) in [6, 6.07) is 8.55. The monoisotopic (exact) mass is 324 g/mol. The highest BCUT2D eigenvalue weighted by atomic mass is 35.5. The Balaban J connectivity index is 2.10. The van der Waals surface area contributed by atoms with Crippen LogP contribution in [-0.4, -0.2) is 22.3 Å². The molecule has 1 amide bonds. The summed E-state index contributed by atoms with van der Waals surface area (Å²) < 4.78 is 0. The van der Waals surface area contributed by atoms with Gasteiger partial charge in [0.25, 0.3) is 5.91 Å². The summed E-state index contributed by atoms with van der Waals surface area (Å²) in [6.07, 6.45) is 1.34. The van der Waals surface area contributed by atoms with Crippen LogP contribution in [0.3, 0.4) is 0 Å². The third kappa shape index (κ3) is 3.87. The molecule has 0 spiro atoms. The number of aromatic hydroxyl groups is 2. The maximum absolute atomic E-state index is 11.8. The van der Waals surface area contributed by atoms with Gasteiger partial charge in [-0.1, -0.05) is 35.3 Å². The molecule has 0 aliphatic rings. The van der Waals surface area contributed by atoms with Gasteiger partial charge in [0.1, 0.15) is 11.5 Å². The van der Waals surface area contributed by atoms with Gasteiger partial charge in [0, 0.05) is 17.2 Å². The number of nitrogens with zero attached hydrogens (tertiary/aromatic N) is 1. The van der Waals surface area contributed by atoms with Crippen molar-refractivity contribution in [3.8, 4) is 11.5 Å². The number of carbonyl (C=O) groups is 1. The Labute approximate surface area is 130 Å². The summed E-state index contributed by atoms with van der Waals surface area (Å²) in [4.78, 5) is 11.8. The summed E-state index contributed by atoms with van der Waals surface area (Å²) in [5.41, 5.74) is 2.87. The minimum absolute atomic E-state index is 0.0711. The highest BCUT2D eigenvalue weighted by molar-refractivity contribution is 6.43. The van der Waals surface area contributed by atoms with Crippen molar-refractivity contribution in [1.29, 1.82) is 0 Å². The summed E-state index contributed by atoms with van der Waals surface area (Å²) >= 11 is 11.8. The number of amides is 1. The van der Waals surface area contributed by atoms with Crippen LogP contribution < -0.4 is 5.43 Å². The highest BCUT2D eigenvalue weighted by Crippen LogP contribution is 2.24. The van der Waals surface area contributed by atoms with Crippen LogP contribution in [0.4, 0.5) is 0 Å². The van der Waals surface area contributed by atoms with Crippen LogP contribution in [0, 0.1) is 0 Å². The fourth-order valence-electron chi connectivity index (χ4n) is 1.57. The molecule has 108 valence electrons. The fraction of sp³-hybridized carbons (Fsp3) is 0. The lowest BCUT2D eigenvalue weighted by Crippen LogP contribution is -2.17. The Morgan fingerprint density at radius 1 is 1.14 bits per heavy atom. The molecule has 21 heavy (non-hydrogen) atoms. The zero-order chi connectivity index (χ0) is 15.4. The van der Waals surface area contributed by atoms with Crippen LogP contribution in [-0.2, 0) is 0 Å². The van der Waals surface area contributed by atoms with Gasteiger partial charge in [0.15, 0.2) is 0 Å². The first-order valence-corrected chi connectivity index (χ1v) is 6.53. The Hall–Kier alpha value is -2.24. The highest BCUT2D eigenvalue weighted by Gasteiger charge is 2.07. The zero-order valence-electron chi connectivity index (χ0n) is 10.5. The van der Waals surface area contributed by atoms with Crippen LogP contribution in [0.1, 0.15) is 15.9 Å². The van der Waals surface area contributed by atoms with E-state index in [4.69, 9.17) is 23.2 Å². The molecule has 7 heteroatoms. The molecule has 2 rings (SSSR count). The van der Waals surface area contributed by atoms with Crippen molar-refractivity contribution < 1.29 is 15.0 Å². The Morgan fingerprint density at radius 2 is 1.81 bits per heavy atom. The number of carbonyl (C=O) groups excluding carboxylic acids is 1. The molecule has 0 atom stereocenters. The molecule has 0 aromatic heterocycles. The van der Waals surface area contributed by atoms with Crippen molar-refractivity contribution in [2.45, 2.75) is 0 Å². The number of hydrazone groups is 1. The van der Waals surface area contributed by atoms with E-state index in [-0.39, 0.29) is 17.1 Å². The summed E-state index contributed by atoms with van der Waals surface area (Å²) in [7, 11) is 0. The quantitative estimate of drug-likeness (QED) is 0.599. The molecule has 0 heterocycles. The number of nitrogens with one attached hydrogen (secondary N) is 1. The maximum Gasteiger partial charge on any atom is 0.271 e. The van der Waals surface area contributed by atoms with Gasteiger partial charge >= 0.3 is 0 Å². The minimum Gasteiger partial charge on any atom is -0.508 e. The van der Waals surface area contributed by atoms with Crippen LogP contribution >= 0.6 is 23.2 Å². The van der Waals surface area contributed by atoms with Gasteiger partial charge in [0.05, 0.1) is 16.3 Å². The number of phenolic OH excluding ortho intramolecular Hbond substituents is 2. The molecule has 0 unspecified atom stereocenters. The first kappa shape index (κ1) is 15.2. The summed E-state index contributed by atoms with van der Waals surface area (Å²) in [6.45, 7) is 0. The van der Waals surface area contributed by atoms with E-state index >= 15 is 0 Å². The van der Waals surface area contributed by atoms with Gasteiger partial charge in [0.2, 0.25) is 0 Å². The number of benzene rings is 2. The molecule has 5 nitrogen and oxygen atoms in total. The molecule has 0 aliphatic heterocycles. The summed E-state index contributed by atoms with van der Waals surface area (Å²) in [5.74, 6) is -1.03. The van der Waals surface area contributed by atoms with E-state index in [2.05, 4.69) is 10.5 Å². The average Bonchev–Trinajstić information content (AvgIpc) is 2.42. The number of phenols is 2. The molecule has 0 aliphatic carbocycles. The molecule has 0 fully saturated rings. The second-order valence-electron chi connectivity index (χ2n) is 4.08. The van der Waals surface area contributed by atoms with E-state index in [1.54, 1.807) is 18.2 Å². The van der Waals surface area contributed by atoms with Crippen molar-refractivity contribution in [3.05, 3.63) is 57.6 Å². The van der Waals surface area contributed by atoms with Gasteiger partial charge in [-0.2, -0.15) is 5.10 Å². The number of hydrogen-bond acceptors (Lipinski definition) is 4. The second kappa shape index (κ2) is 6.47. The number of hydrogen-bond donors (Lipinski definition) is 3. The maximum atomic E-state index is 11.8. The molecular weight excluding hydrogens is 315 g/mol. The zero-order valence-corrected chi connectivity index (χ0v) is 12.1. The fourth-order valence-corrected chi connectivity index (χ4v) is 1.93. The standard InChI is InChI=1S/C14H10Cl2N2O3/c15-12-3-1-2-8(13(12)16)7-17-18-14(21)9-4-10(19)6-11(20)5-9/h1-7,19-20H,(H,18,21)/b17-7-. The van der Waals surface area contributed by atoms with Gasteiger partial charge in [-0.05, 0) is 18.2 Å². The van der Waals surface area contributed by atoms with Crippen molar-refractivity contribution in [1.82, 2.24) is 5.43 Å². The predicted octanol–water partition coefficient (Wildman–Crippen LogP) is 3.17. The van der Waals surface area contributed by atoms with Gasteiger partial charge in [-0.15, -0.1) is 0 Å². The predicted molar refractivity (Wildman–Crippen MR) is 81.3 cm³/mol. The Morgan fingerprint density at radius 3 is 2.48 bits per heavy atom. The van der Waals surface area contributed by atoms with Crippen LogP contribution in [0.25, 0.3) is 0 Å². The van der Waals surface area contributed by atoms with E-state index in [1.807, 2.05) is 0 Å². The molecule has 0 bridgehead atoms. The van der Waals surface area contributed by atoms with Crippen molar-refractivity contribution >= 4 is 35.3 Å². The Bertz CT molecular complexity index is 697. The normalized spacial score (nSPS) is 10.8.